The molecule has 0 unspecified atom stereocenters. The predicted octanol–water partition coefficient (Wildman–Crippen LogP) is 2.58. The Morgan fingerprint density at radius 3 is 2.50 bits per heavy atom. The normalized spacial score (nSPS) is 10.2. The number of anilines is 1. The number of methoxy groups -OCH3 is 1. The fraction of sp³-hybridized carbons (Fsp3) is 0.133. The van der Waals surface area contributed by atoms with Crippen LogP contribution < -0.4 is 10.1 Å². The van der Waals surface area contributed by atoms with Gasteiger partial charge in [-0.15, -0.1) is 0 Å². The zero-order chi connectivity index (χ0) is 14.5. The van der Waals surface area contributed by atoms with E-state index in [4.69, 9.17) is 9.84 Å². The topological polar surface area (TPSA) is 58.6 Å². The Morgan fingerprint density at radius 1 is 1.25 bits per heavy atom. The molecule has 2 N–H and O–H groups in total. The molecule has 20 heavy (non-hydrogen) atoms. The zero-order valence-electron chi connectivity index (χ0n) is 10.9. The van der Waals surface area contributed by atoms with Crippen molar-refractivity contribution in [3.63, 3.8) is 0 Å². The maximum Gasteiger partial charge on any atom is 0.258 e. The van der Waals surface area contributed by atoms with Gasteiger partial charge < -0.3 is 15.2 Å². The van der Waals surface area contributed by atoms with Crippen molar-refractivity contribution in [3.05, 3.63) is 59.4 Å². The van der Waals surface area contributed by atoms with E-state index in [0.29, 0.717) is 11.4 Å². The Bertz CT molecular complexity index is 611. The van der Waals surface area contributed by atoms with Gasteiger partial charge >= 0.3 is 0 Å². The highest BCUT2D eigenvalue weighted by Crippen LogP contribution is 2.18. The summed E-state index contributed by atoms with van der Waals surface area (Å²) in [6.45, 7) is -0.0681. The average molecular weight is 275 g/mol. The van der Waals surface area contributed by atoms with Crippen molar-refractivity contribution in [1.29, 1.82) is 0 Å². The molecule has 2 rings (SSSR count). The standard InChI is InChI=1S/C15H14FNO3/c1-20-12-6-7-13(14(16)8-12)15(19)17-11-4-2-10(9-18)3-5-11/h2-8,18H,9H2,1H3,(H,17,19). The highest BCUT2D eigenvalue weighted by molar-refractivity contribution is 6.04. The lowest BCUT2D eigenvalue weighted by atomic mass is 10.1. The first-order valence-corrected chi connectivity index (χ1v) is 5.98. The summed E-state index contributed by atoms with van der Waals surface area (Å²) in [7, 11) is 1.43. The number of ether oxygens (including phenoxy) is 1. The number of aliphatic hydroxyl groups is 1. The Labute approximate surface area is 115 Å². The molecule has 2 aromatic rings. The quantitative estimate of drug-likeness (QED) is 0.901. The van der Waals surface area contributed by atoms with Gasteiger partial charge in [0.25, 0.3) is 5.91 Å². The first-order valence-electron chi connectivity index (χ1n) is 5.98. The minimum absolute atomic E-state index is 0.0583. The summed E-state index contributed by atoms with van der Waals surface area (Å²) in [4.78, 5) is 11.9. The van der Waals surface area contributed by atoms with Gasteiger partial charge in [-0.05, 0) is 29.8 Å². The number of amides is 1. The van der Waals surface area contributed by atoms with Crippen molar-refractivity contribution in [2.45, 2.75) is 6.61 Å². The highest BCUT2D eigenvalue weighted by Gasteiger charge is 2.12. The van der Waals surface area contributed by atoms with Crippen LogP contribution in [0.1, 0.15) is 15.9 Å². The number of aliphatic hydroxyl groups excluding tert-OH is 1. The molecule has 104 valence electrons. The van der Waals surface area contributed by atoms with Crippen LogP contribution in [0.3, 0.4) is 0 Å². The minimum atomic E-state index is -0.645. The molecule has 0 aliphatic rings. The largest absolute Gasteiger partial charge is 0.497 e. The number of nitrogens with one attached hydrogen (secondary N) is 1. The van der Waals surface area contributed by atoms with Gasteiger partial charge in [-0.25, -0.2) is 4.39 Å². The third-order valence-corrected chi connectivity index (χ3v) is 2.82. The molecule has 0 fully saturated rings. The highest BCUT2D eigenvalue weighted by atomic mass is 19.1. The summed E-state index contributed by atoms with van der Waals surface area (Å²) in [6, 6.07) is 10.7. The van der Waals surface area contributed by atoms with E-state index in [9.17, 15) is 9.18 Å². The van der Waals surface area contributed by atoms with Crippen LogP contribution in [-0.2, 0) is 6.61 Å². The molecule has 0 saturated heterocycles. The van der Waals surface area contributed by atoms with Crippen molar-refractivity contribution in [1.82, 2.24) is 0 Å². The van der Waals surface area contributed by atoms with Crippen molar-refractivity contribution < 1.29 is 19.0 Å². The third kappa shape index (κ3) is 3.13. The first-order chi connectivity index (χ1) is 9.63. The van der Waals surface area contributed by atoms with Gasteiger partial charge in [0, 0.05) is 11.8 Å². The van der Waals surface area contributed by atoms with Crippen LogP contribution in [0.5, 0.6) is 5.75 Å². The molecule has 4 nitrogen and oxygen atoms in total. The molecular weight excluding hydrogens is 261 g/mol. The number of halogens is 1. The molecule has 5 heteroatoms. The summed E-state index contributed by atoms with van der Waals surface area (Å²) in [5.74, 6) is -0.831. The fourth-order valence-electron chi connectivity index (χ4n) is 1.70. The molecule has 2 aromatic carbocycles. The molecule has 0 radical (unpaired) electrons. The van der Waals surface area contributed by atoms with E-state index >= 15 is 0 Å². The monoisotopic (exact) mass is 275 g/mol. The van der Waals surface area contributed by atoms with Crippen LogP contribution >= 0.6 is 0 Å². The molecule has 0 saturated carbocycles. The Kier molecular flexibility index (Phi) is 4.32. The first kappa shape index (κ1) is 14.0. The molecule has 0 spiro atoms. The van der Waals surface area contributed by atoms with Crippen LogP contribution in [0, 0.1) is 5.82 Å². The number of carbonyl (C=O) groups excluding carboxylic acids is 1. The molecule has 0 aliphatic heterocycles. The predicted molar refractivity (Wildman–Crippen MR) is 73.3 cm³/mol. The number of carbonyl (C=O) groups is 1. The second-order valence-corrected chi connectivity index (χ2v) is 4.15. The van der Waals surface area contributed by atoms with Gasteiger partial charge in [0.1, 0.15) is 11.6 Å². The molecule has 0 atom stereocenters. The van der Waals surface area contributed by atoms with E-state index in [1.54, 1.807) is 24.3 Å². The fourth-order valence-corrected chi connectivity index (χ4v) is 1.70. The molecule has 0 bridgehead atoms. The van der Waals surface area contributed by atoms with Gasteiger partial charge in [0.2, 0.25) is 0 Å². The van der Waals surface area contributed by atoms with E-state index in [0.717, 1.165) is 11.6 Å². The molecule has 0 aromatic heterocycles. The van der Waals surface area contributed by atoms with Crippen LogP contribution in [0.2, 0.25) is 0 Å². The van der Waals surface area contributed by atoms with Crippen LogP contribution in [-0.4, -0.2) is 18.1 Å². The lowest BCUT2D eigenvalue weighted by Crippen LogP contribution is -2.13. The molecule has 1 amide bonds. The third-order valence-electron chi connectivity index (χ3n) is 2.82. The SMILES string of the molecule is COc1ccc(C(=O)Nc2ccc(CO)cc2)c(F)c1. The molecule has 0 aliphatic carbocycles. The van der Waals surface area contributed by atoms with E-state index < -0.39 is 11.7 Å². The van der Waals surface area contributed by atoms with Crippen LogP contribution in [0.4, 0.5) is 10.1 Å². The van der Waals surface area contributed by atoms with Crippen molar-refractivity contribution in [2.75, 3.05) is 12.4 Å². The Balaban J connectivity index is 2.14. The minimum Gasteiger partial charge on any atom is -0.497 e. The molecule has 0 heterocycles. The lowest BCUT2D eigenvalue weighted by Gasteiger charge is -2.08. The van der Waals surface area contributed by atoms with Gasteiger partial charge in [-0.1, -0.05) is 12.1 Å². The Hall–Kier alpha value is -2.40. The average Bonchev–Trinajstić information content (AvgIpc) is 2.47. The second kappa shape index (κ2) is 6.16. The number of rotatable bonds is 4. The summed E-state index contributed by atoms with van der Waals surface area (Å²) < 4.78 is 18.6. The van der Waals surface area contributed by atoms with Gasteiger partial charge in [-0.2, -0.15) is 0 Å². The smallest absolute Gasteiger partial charge is 0.258 e. The number of hydrogen-bond donors (Lipinski definition) is 2. The Morgan fingerprint density at radius 2 is 1.95 bits per heavy atom. The van der Waals surface area contributed by atoms with Gasteiger partial charge in [0.05, 0.1) is 19.3 Å². The van der Waals surface area contributed by atoms with Crippen LogP contribution in [0.15, 0.2) is 42.5 Å². The maximum atomic E-state index is 13.7. The summed E-state index contributed by atoms with van der Waals surface area (Å²) in [5, 5.41) is 11.5. The lowest BCUT2D eigenvalue weighted by molar-refractivity contribution is 0.102. The van der Waals surface area contributed by atoms with Crippen LogP contribution in [0.25, 0.3) is 0 Å². The zero-order valence-corrected chi connectivity index (χ0v) is 10.9. The summed E-state index contributed by atoms with van der Waals surface area (Å²) >= 11 is 0. The van der Waals surface area contributed by atoms with Crippen molar-refractivity contribution in [3.8, 4) is 5.75 Å². The van der Waals surface area contributed by atoms with E-state index in [1.807, 2.05) is 0 Å². The number of hydrogen-bond acceptors (Lipinski definition) is 3. The summed E-state index contributed by atoms with van der Waals surface area (Å²) in [6.07, 6.45) is 0. The number of benzene rings is 2. The van der Waals surface area contributed by atoms with Gasteiger partial charge in [-0.3, -0.25) is 4.79 Å². The summed E-state index contributed by atoms with van der Waals surface area (Å²) in [5.41, 5.74) is 1.21. The molecular formula is C15H14FNO3. The van der Waals surface area contributed by atoms with Gasteiger partial charge in [0.15, 0.2) is 0 Å². The maximum absolute atomic E-state index is 13.7. The van der Waals surface area contributed by atoms with E-state index in [1.165, 1.54) is 19.2 Å². The van der Waals surface area contributed by atoms with Crippen molar-refractivity contribution in [2.24, 2.45) is 0 Å². The second-order valence-electron chi connectivity index (χ2n) is 4.15. The van der Waals surface area contributed by atoms with E-state index in [-0.39, 0.29) is 12.2 Å². The van der Waals surface area contributed by atoms with Crippen molar-refractivity contribution >= 4 is 11.6 Å². The van der Waals surface area contributed by atoms with E-state index in [2.05, 4.69) is 5.32 Å².